The van der Waals surface area contributed by atoms with Gasteiger partial charge in [0.05, 0.1) is 24.1 Å². The maximum atomic E-state index is 12.0. The van der Waals surface area contributed by atoms with Gasteiger partial charge in [-0.3, -0.25) is 4.79 Å². The summed E-state index contributed by atoms with van der Waals surface area (Å²) in [5.41, 5.74) is 1.46. The van der Waals surface area contributed by atoms with Crippen molar-refractivity contribution in [1.82, 2.24) is 15.1 Å². The van der Waals surface area contributed by atoms with E-state index in [1.165, 1.54) is 0 Å². The van der Waals surface area contributed by atoms with Crippen LogP contribution in [0.5, 0.6) is 0 Å². The number of ether oxygens (including phenoxy) is 1. The zero-order valence-electron chi connectivity index (χ0n) is 11.0. The molecule has 5 nitrogen and oxygen atoms in total. The van der Waals surface area contributed by atoms with E-state index >= 15 is 0 Å². The van der Waals surface area contributed by atoms with Gasteiger partial charge < -0.3 is 10.1 Å². The highest BCUT2D eigenvalue weighted by atomic mass is 16.5. The number of amides is 1. The van der Waals surface area contributed by atoms with Crippen molar-refractivity contribution in [2.45, 2.75) is 13.0 Å². The molecule has 1 aromatic heterocycles. The highest BCUT2D eigenvalue weighted by Crippen LogP contribution is 2.07. The fourth-order valence-corrected chi connectivity index (χ4v) is 1.76. The number of nitrogens with zero attached hydrogens (tertiary/aromatic N) is 2. The molecule has 0 aliphatic rings. The first-order valence-corrected chi connectivity index (χ1v) is 6.10. The molecule has 0 bridgehead atoms. The van der Waals surface area contributed by atoms with E-state index in [0.29, 0.717) is 12.2 Å². The molecule has 0 spiro atoms. The number of carbonyl (C=O) groups is 1. The van der Waals surface area contributed by atoms with E-state index in [0.717, 1.165) is 5.69 Å². The Morgan fingerprint density at radius 2 is 2.16 bits per heavy atom. The van der Waals surface area contributed by atoms with Crippen molar-refractivity contribution in [3.05, 3.63) is 48.3 Å². The molecule has 0 aliphatic heterocycles. The van der Waals surface area contributed by atoms with Crippen molar-refractivity contribution in [2.75, 3.05) is 13.7 Å². The van der Waals surface area contributed by atoms with Crippen LogP contribution in [0, 0.1) is 0 Å². The Balaban J connectivity index is 2.07. The highest BCUT2D eigenvalue weighted by molar-refractivity contribution is 5.93. The molecule has 2 rings (SSSR count). The summed E-state index contributed by atoms with van der Waals surface area (Å²) >= 11 is 0. The average molecular weight is 259 g/mol. The molecule has 19 heavy (non-hydrogen) atoms. The third-order valence-electron chi connectivity index (χ3n) is 2.66. The fourth-order valence-electron chi connectivity index (χ4n) is 1.76. The molecule has 1 atom stereocenters. The lowest BCUT2D eigenvalue weighted by Crippen LogP contribution is -2.35. The van der Waals surface area contributed by atoms with Gasteiger partial charge in [0, 0.05) is 19.3 Å². The predicted molar refractivity (Wildman–Crippen MR) is 72.4 cm³/mol. The number of benzene rings is 1. The summed E-state index contributed by atoms with van der Waals surface area (Å²) in [4.78, 5) is 12.0. The minimum absolute atomic E-state index is 0.0300. The van der Waals surface area contributed by atoms with Crippen LogP contribution >= 0.6 is 0 Å². The van der Waals surface area contributed by atoms with Gasteiger partial charge in [0.25, 0.3) is 5.91 Å². The predicted octanol–water partition coefficient (Wildman–Crippen LogP) is 1.64. The van der Waals surface area contributed by atoms with Gasteiger partial charge in [0.15, 0.2) is 0 Å². The molecule has 5 heteroatoms. The second-order valence-corrected chi connectivity index (χ2v) is 4.34. The number of aromatic nitrogens is 2. The van der Waals surface area contributed by atoms with E-state index in [-0.39, 0.29) is 11.9 Å². The molecular weight excluding hydrogens is 242 g/mol. The van der Waals surface area contributed by atoms with Crippen molar-refractivity contribution in [1.29, 1.82) is 0 Å². The van der Waals surface area contributed by atoms with Crippen molar-refractivity contribution in [3.8, 4) is 5.69 Å². The number of hydrogen-bond acceptors (Lipinski definition) is 3. The molecule has 1 unspecified atom stereocenters. The van der Waals surface area contributed by atoms with Crippen LogP contribution in [0.1, 0.15) is 17.3 Å². The van der Waals surface area contributed by atoms with Gasteiger partial charge in [-0.25, -0.2) is 4.68 Å². The number of rotatable bonds is 5. The number of para-hydroxylation sites is 1. The van der Waals surface area contributed by atoms with Crippen LogP contribution in [0.2, 0.25) is 0 Å². The van der Waals surface area contributed by atoms with Crippen LogP contribution in [-0.4, -0.2) is 35.4 Å². The van der Waals surface area contributed by atoms with Crippen molar-refractivity contribution in [3.63, 3.8) is 0 Å². The first-order valence-electron chi connectivity index (χ1n) is 6.10. The van der Waals surface area contributed by atoms with Crippen LogP contribution in [-0.2, 0) is 4.74 Å². The van der Waals surface area contributed by atoms with Gasteiger partial charge in [-0.15, -0.1) is 0 Å². The first-order chi connectivity index (χ1) is 9.20. The Bertz CT molecular complexity index is 537. The summed E-state index contributed by atoms with van der Waals surface area (Å²) in [5, 5.41) is 7.03. The summed E-state index contributed by atoms with van der Waals surface area (Å²) in [6.07, 6.45) is 3.27. The summed E-state index contributed by atoms with van der Waals surface area (Å²) in [7, 11) is 1.61. The lowest BCUT2D eigenvalue weighted by molar-refractivity contribution is 0.0905. The molecule has 1 aromatic carbocycles. The minimum Gasteiger partial charge on any atom is -0.383 e. The van der Waals surface area contributed by atoms with Gasteiger partial charge in [0.1, 0.15) is 0 Å². The Kier molecular flexibility index (Phi) is 4.30. The molecule has 0 saturated carbocycles. The van der Waals surface area contributed by atoms with E-state index in [2.05, 4.69) is 10.4 Å². The molecule has 0 aliphatic carbocycles. The van der Waals surface area contributed by atoms with Crippen LogP contribution < -0.4 is 5.32 Å². The molecule has 1 N–H and O–H groups in total. The smallest absolute Gasteiger partial charge is 0.254 e. The second-order valence-electron chi connectivity index (χ2n) is 4.34. The molecule has 0 fully saturated rings. The van der Waals surface area contributed by atoms with Gasteiger partial charge in [0.2, 0.25) is 0 Å². The Labute approximate surface area is 112 Å². The van der Waals surface area contributed by atoms with Crippen molar-refractivity contribution in [2.24, 2.45) is 0 Å². The van der Waals surface area contributed by atoms with E-state index in [9.17, 15) is 4.79 Å². The van der Waals surface area contributed by atoms with E-state index in [4.69, 9.17) is 4.74 Å². The lowest BCUT2D eigenvalue weighted by Gasteiger charge is -2.11. The topological polar surface area (TPSA) is 56.1 Å². The number of hydrogen-bond donors (Lipinski definition) is 1. The Morgan fingerprint density at radius 1 is 1.42 bits per heavy atom. The largest absolute Gasteiger partial charge is 0.383 e. The number of methoxy groups -OCH3 is 1. The molecule has 0 saturated heterocycles. The summed E-state index contributed by atoms with van der Waals surface area (Å²) in [6.45, 7) is 2.38. The van der Waals surface area contributed by atoms with Gasteiger partial charge in [-0.2, -0.15) is 5.10 Å². The van der Waals surface area contributed by atoms with E-state index in [1.54, 1.807) is 24.2 Å². The Hall–Kier alpha value is -2.14. The zero-order valence-corrected chi connectivity index (χ0v) is 11.0. The molecule has 1 heterocycles. The number of carbonyl (C=O) groups excluding carboxylic acids is 1. The first kappa shape index (κ1) is 13.3. The van der Waals surface area contributed by atoms with Crippen LogP contribution in [0.4, 0.5) is 0 Å². The van der Waals surface area contributed by atoms with Crippen molar-refractivity contribution < 1.29 is 9.53 Å². The van der Waals surface area contributed by atoms with Crippen LogP contribution in [0.25, 0.3) is 5.69 Å². The lowest BCUT2D eigenvalue weighted by atomic mass is 10.3. The summed E-state index contributed by atoms with van der Waals surface area (Å²) in [5.74, 6) is -0.147. The van der Waals surface area contributed by atoms with Crippen LogP contribution in [0.3, 0.4) is 0 Å². The van der Waals surface area contributed by atoms with Gasteiger partial charge in [-0.1, -0.05) is 18.2 Å². The molecule has 100 valence electrons. The van der Waals surface area contributed by atoms with E-state index < -0.39 is 0 Å². The fraction of sp³-hybridized carbons (Fsp3) is 0.286. The summed E-state index contributed by atoms with van der Waals surface area (Å²) < 4.78 is 6.66. The monoisotopic (exact) mass is 259 g/mol. The quantitative estimate of drug-likeness (QED) is 0.888. The second kappa shape index (κ2) is 6.15. The molecule has 2 aromatic rings. The maximum Gasteiger partial charge on any atom is 0.254 e. The standard InChI is InChI=1S/C14H17N3O2/c1-11(10-19-2)16-14(18)12-8-15-17(9-12)13-6-4-3-5-7-13/h3-9,11H,10H2,1-2H3,(H,16,18). The third-order valence-corrected chi connectivity index (χ3v) is 2.66. The van der Waals surface area contributed by atoms with E-state index in [1.807, 2.05) is 37.3 Å². The van der Waals surface area contributed by atoms with Gasteiger partial charge >= 0.3 is 0 Å². The highest BCUT2D eigenvalue weighted by Gasteiger charge is 2.12. The SMILES string of the molecule is COCC(C)NC(=O)c1cnn(-c2ccccc2)c1. The molecular formula is C14H17N3O2. The molecule has 1 amide bonds. The average Bonchev–Trinajstić information content (AvgIpc) is 2.89. The maximum absolute atomic E-state index is 12.0. The summed E-state index contributed by atoms with van der Waals surface area (Å²) in [6, 6.07) is 9.63. The zero-order chi connectivity index (χ0) is 13.7. The minimum atomic E-state index is -0.147. The van der Waals surface area contributed by atoms with Crippen molar-refractivity contribution >= 4 is 5.91 Å². The van der Waals surface area contributed by atoms with Gasteiger partial charge in [-0.05, 0) is 19.1 Å². The third kappa shape index (κ3) is 3.42. The Morgan fingerprint density at radius 3 is 2.84 bits per heavy atom. The molecule has 0 radical (unpaired) electrons. The number of nitrogens with one attached hydrogen (secondary N) is 1. The van der Waals surface area contributed by atoms with Crippen LogP contribution in [0.15, 0.2) is 42.7 Å². The normalized spacial score (nSPS) is 12.1.